The Kier molecular flexibility index (Phi) is 7.08. The lowest BCUT2D eigenvalue weighted by molar-refractivity contribution is -0.0500. The Bertz CT molecular complexity index is 876. The third-order valence-corrected chi connectivity index (χ3v) is 5.25. The van der Waals surface area contributed by atoms with E-state index in [4.69, 9.17) is 0 Å². The van der Waals surface area contributed by atoms with Crippen molar-refractivity contribution in [1.82, 2.24) is 0 Å². The summed E-state index contributed by atoms with van der Waals surface area (Å²) in [5.74, 6) is -2.10. The van der Waals surface area contributed by atoms with E-state index in [-0.39, 0.29) is 5.39 Å². The maximum atomic E-state index is 14.4. The Morgan fingerprint density at radius 1 is 0.963 bits per heavy atom. The Labute approximate surface area is 156 Å². The molecule has 0 fully saturated rings. The van der Waals surface area contributed by atoms with Crippen LogP contribution in [0.4, 0.5) is 17.6 Å². The van der Waals surface area contributed by atoms with Gasteiger partial charge in [-0.3, -0.25) is 0 Å². The zero-order valence-corrected chi connectivity index (χ0v) is 15.8. The van der Waals surface area contributed by atoms with Crippen molar-refractivity contribution in [3.05, 3.63) is 41.7 Å². The monoisotopic (exact) mass is 406 g/mol. The molecular formula is C19H22F4O3S. The van der Waals surface area contributed by atoms with Gasteiger partial charge < -0.3 is 4.18 Å². The molecule has 3 nitrogen and oxygen atoms in total. The molecule has 0 radical (unpaired) electrons. The topological polar surface area (TPSA) is 43.4 Å². The molecule has 0 unspecified atom stereocenters. The van der Waals surface area contributed by atoms with Crippen LogP contribution in [0.1, 0.15) is 51.0 Å². The summed E-state index contributed by atoms with van der Waals surface area (Å²) >= 11 is 0. The Morgan fingerprint density at radius 2 is 1.63 bits per heavy atom. The molecule has 2 aromatic carbocycles. The average Bonchev–Trinajstić information content (AvgIpc) is 2.59. The van der Waals surface area contributed by atoms with Gasteiger partial charge in [-0.15, -0.1) is 0 Å². The van der Waals surface area contributed by atoms with Gasteiger partial charge in [-0.25, -0.2) is 4.39 Å². The molecule has 0 heterocycles. The molecule has 0 aliphatic heterocycles. The van der Waals surface area contributed by atoms with Crippen LogP contribution in [-0.2, 0) is 16.5 Å². The number of aryl methyl sites for hydroxylation is 1. The molecular weight excluding hydrogens is 384 g/mol. The summed E-state index contributed by atoms with van der Waals surface area (Å²) in [6.07, 6.45) is 7.73. The fourth-order valence-corrected chi connectivity index (χ4v) is 3.28. The standard InChI is InChI=1S/C19H22F4O3S/c1-2-3-4-5-6-7-8-14-9-11-16-15(13-14)10-12-17(18(16)20)26-27(24,25)19(21,22)23/h9-13H,2-8H2,1H3. The molecule has 0 N–H and O–H groups in total. The number of halogens is 4. The van der Waals surface area contributed by atoms with Gasteiger partial charge in [0.25, 0.3) is 0 Å². The van der Waals surface area contributed by atoms with Crippen LogP contribution in [0.2, 0.25) is 0 Å². The van der Waals surface area contributed by atoms with Gasteiger partial charge in [0.2, 0.25) is 0 Å². The second-order valence-electron chi connectivity index (χ2n) is 6.43. The zero-order valence-electron chi connectivity index (χ0n) is 15.0. The van der Waals surface area contributed by atoms with Crippen LogP contribution in [0.5, 0.6) is 5.75 Å². The van der Waals surface area contributed by atoms with Gasteiger partial charge >= 0.3 is 15.6 Å². The number of hydrogen-bond donors (Lipinski definition) is 0. The number of hydrogen-bond acceptors (Lipinski definition) is 3. The molecule has 0 aromatic heterocycles. The van der Waals surface area contributed by atoms with Gasteiger partial charge in [0, 0.05) is 5.39 Å². The van der Waals surface area contributed by atoms with Gasteiger partial charge in [0.05, 0.1) is 0 Å². The first kappa shape index (κ1) is 21.5. The van der Waals surface area contributed by atoms with Crippen molar-refractivity contribution in [2.24, 2.45) is 0 Å². The van der Waals surface area contributed by atoms with Gasteiger partial charge in [0.1, 0.15) is 0 Å². The quantitative estimate of drug-likeness (QED) is 0.218. The normalized spacial score (nSPS) is 12.5. The SMILES string of the molecule is CCCCCCCCc1ccc2c(F)c(OS(=O)(=O)C(F)(F)F)ccc2c1. The first-order chi connectivity index (χ1) is 12.7. The average molecular weight is 406 g/mol. The van der Waals surface area contributed by atoms with Gasteiger partial charge in [-0.2, -0.15) is 21.6 Å². The summed E-state index contributed by atoms with van der Waals surface area (Å²) in [4.78, 5) is 0. The predicted octanol–water partition coefficient (Wildman–Crippen LogP) is 6.11. The van der Waals surface area contributed by atoms with Crippen LogP contribution in [0.3, 0.4) is 0 Å². The van der Waals surface area contributed by atoms with Crippen LogP contribution in [0.15, 0.2) is 30.3 Å². The Morgan fingerprint density at radius 3 is 2.30 bits per heavy atom. The second-order valence-corrected chi connectivity index (χ2v) is 7.97. The van der Waals surface area contributed by atoms with Crippen LogP contribution >= 0.6 is 0 Å². The third-order valence-electron chi connectivity index (χ3n) is 4.29. The molecule has 0 aliphatic carbocycles. The fraction of sp³-hybridized carbons (Fsp3) is 0.474. The van der Waals surface area contributed by atoms with Crippen molar-refractivity contribution in [1.29, 1.82) is 0 Å². The van der Waals surface area contributed by atoms with Crippen molar-refractivity contribution in [2.45, 2.75) is 57.4 Å². The Balaban J connectivity index is 2.11. The van der Waals surface area contributed by atoms with Crippen molar-refractivity contribution in [2.75, 3.05) is 0 Å². The molecule has 0 spiro atoms. The third kappa shape index (κ3) is 5.57. The largest absolute Gasteiger partial charge is 0.534 e. The number of unbranched alkanes of at least 4 members (excludes halogenated alkanes) is 5. The fourth-order valence-electron chi connectivity index (χ4n) is 2.82. The zero-order chi connectivity index (χ0) is 20.1. The first-order valence-corrected chi connectivity index (χ1v) is 10.3. The minimum absolute atomic E-state index is 0.0107. The van der Waals surface area contributed by atoms with Crippen molar-refractivity contribution in [3.8, 4) is 5.75 Å². The molecule has 0 saturated carbocycles. The van der Waals surface area contributed by atoms with E-state index in [1.54, 1.807) is 12.1 Å². The van der Waals surface area contributed by atoms with E-state index in [0.29, 0.717) is 5.39 Å². The van der Waals surface area contributed by atoms with Crippen molar-refractivity contribution < 1.29 is 30.2 Å². The van der Waals surface area contributed by atoms with Crippen LogP contribution in [0.25, 0.3) is 10.8 Å². The maximum Gasteiger partial charge on any atom is 0.534 e. The number of fused-ring (bicyclic) bond motifs is 1. The van der Waals surface area contributed by atoms with Crippen molar-refractivity contribution >= 4 is 20.9 Å². The lowest BCUT2D eigenvalue weighted by Crippen LogP contribution is -2.28. The highest BCUT2D eigenvalue weighted by Gasteiger charge is 2.49. The van der Waals surface area contributed by atoms with E-state index in [2.05, 4.69) is 11.1 Å². The maximum absolute atomic E-state index is 14.4. The molecule has 0 saturated heterocycles. The molecule has 2 aromatic rings. The van der Waals surface area contributed by atoms with Crippen LogP contribution in [-0.4, -0.2) is 13.9 Å². The first-order valence-electron chi connectivity index (χ1n) is 8.87. The minimum atomic E-state index is -5.91. The van der Waals surface area contributed by atoms with Crippen LogP contribution in [0, 0.1) is 5.82 Å². The van der Waals surface area contributed by atoms with Gasteiger partial charge in [-0.05, 0) is 29.9 Å². The minimum Gasteiger partial charge on any atom is -0.373 e. The van der Waals surface area contributed by atoms with E-state index in [1.165, 1.54) is 37.8 Å². The predicted molar refractivity (Wildman–Crippen MR) is 96.6 cm³/mol. The second kappa shape index (κ2) is 8.91. The summed E-state index contributed by atoms with van der Waals surface area (Å²) in [5, 5.41) is 0.490. The molecule has 27 heavy (non-hydrogen) atoms. The summed E-state index contributed by atoms with van der Waals surface area (Å²) < 4.78 is 77.6. The van der Waals surface area contributed by atoms with Crippen molar-refractivity contribution in [3.63, 3.8) is 0 Å². The lowest BCUT2D eigenvalue weighted by atomic mass is 10.0. The molecule has 0 aliphatic rings. The lowest BCUT2D eigenvalue weighted by Gasteiger charge is -2.11. The van der Waals surface area contributed by atoms with E-state index in [9.17, 15) is 26.0 Å². The molecule has 0 amide bonds. The molecule has 8 heteroatoms. The van der Waals surface area contributed by atoms with Gasteiger partial charge in [-0.1, -0.05) is 63.3 Å². The number of rotatable bonds is 9. The number of alkyl halides is 3. The smallest absolute Gasteiger partial charge is 0.373 e. The van der Waals surface area contributed by atoms with E-state index in [1.807, 2.05) is 0 Å². The molecule has 2 rings (SSSR count). The highest BCUT2D eigenvalue weighted by molar-refractivity contribution is 7.88. The van der Waals surface area contributed by atoms with E-state index in [0.717, 1.165) is 30.9 Å². The van der Waals surface area contributed by atoms with E-state index < -0.39 is 27.2 Å². The molecule has 150 valence electrons. The molecule has 0 bridgehead atoms. The van der Waals surface area contributed by atoms with Crippen LogP contribution < -0.4 is 4.18 Å². The summed E-state index contributed by atoms with van der Waals surface area (Å²) in [6.45, 7) is 2.16. The Hall–Kier alpha value is -1.83. The summed E-state index contributed by atoms with van der Waals surface area (Å²) in [7, 11) is -5.91. The summed E-state index contributed by atoms with van der Waals surface area (Å²) in [6, 6.07) is 7.13. The highest BCUT2D eigenvalue weighted by atomic mass is 32.2. The highest BCUT2D eigenvalue weighted by Crippen LogP contribution is 2.32. The van der Waals surface area contributed by atoms with E-state index >= 15 is 0 Å². The molecule has 0 atom stereocenters. The van der Waals surface area contributed by atoms with Gasteiger partial charge in [0.15, 0.2) is 11.6 Å². The number of benzene rings is 2. The summed E-state index contributed by atoms with van der Waals surface area (Å²) in [5.41, 5.74) is -4.62.